The molecule has 0 aliphatic rings. The molecule has 1 atom stereocenters. The summed E-state index contributed by atoms with van der Waals surface area (Å²) in [6.45, 7) is 4.07. The number of esters is 1. The zero-order valence-corrected chi connectivity index (χ0v) is 19.8. The number of carbonyl (C=O) groups excluding carboxylic acids is 1. The molecule has 1 N–H and O–H groups in total. The lowest BCUT2D eigenvalue weighted by Gasteiger charge is -2.17. The van der Waals surface area contributed by atoms with Gasteiger partial charge in [0.25, 0.3) is 0 Å². The van der Waals surface area contributed by atoms with Crippen LogP contribution in [-0.2, 0) is 9.53 Å². The Bertz CT molecular complexity index is 1270. The Morgan fingerprint density at radius 3 is 2.67 bits per heavy atom. The molecule has 2 aromatic heterocycles. The van der Waals surface area contributed by atoms with E-state index >= 15 is 0 Å². The van der Waals surface area contributed by atoms with Crippen molar-refractivity contribution in [2.45, 2.75) is 30.7 Å². The van der Waals surface area contributed by atoms with Crippen molar-refractivity contribution in [3.8, 4) is 28.6 Å². The Hall–Kier alpha value is -3.46. The van der Waals surface area contributed by atoms with E-state index in [-0.39, 0.29) is 5.97 Å². The summed E-state index contributed by atoms with van der Waals surface area (Å²) in [5.41, 5.74) is 2.59. The zero-order chi connectivity index (χ0) is 23.4. The summed E-state index contributed by atoms with van der Waals surface area (Å²) < 4.78 is 18.3. The van der Waals surface area contributed by atoms with Crippen LogP contribution in [0.1, 0.15) is 20.3 Å². The number of hydrogen-bond acceptors (Lipinski definition) is 7. The molecule has 0 fully saturated rings. The second kappa shape index (κ2) is 9.99. The molecular weight excluding hydrogens is 440 g/mol. The summed E-state index contributed by atoms with van der Waals surface area (Å²) in [7, 11) is 3.23. The number of fused-ring (bicyclic) bond motifs is 1. The Kier molecular flexibility index (Phi) is 6.88. The van der Waals surface area contributed by atoms with Gasteiger partial charge in [0.1, 0.15) is 16.7 Å². The Morgan fingerprint density at radius 2 is 1.94 bits per heavy atom. The fraction of sp³-hybridized carbons (Fsp3) is 0.292. The van der Waals surface area contributed by atoms with Crippen LogP contribution >= 0.6 is 11.8 Å². The summed E-state index contributed by atoms with van der Waals surface area (Å²) in [5.74, 6) is 1.64. The van der Waals surface area contributed by atoms with Crippen LogP contribution < -0.4 is 9.47 Å². The van der Waals surface area contributed by atoms with E-state index in [2.05, 4.69) is 15.2 Å². The van der Waals surface area contributed by atoms with E-state index in [1.54, 1.807) is 21.1 Å². The number of ether oxygens (including phenoxy) is 3. The smallest absolute Gasteiger partial charge is 0.319 e. The minimum Gasteiger partial charge on any atom is -0.497 e. The first kappa shape index (κ1) is 22.7. The minimum atomic E-state index is -0.416. The highest BCUT2D eigenvalue weighted by atomic mass is 32.2. The molecule has 0 spiro atoms. The number of carbonyl (C=O) groups is 1. The van der Waals surface area contributed by atoms with E-state index in [4.69, 9.17) is 14.2 Å². The third kappa shape index (κ3) is 4.41. The van der Waals surface area contributed by atoms with Crippen molar-refractivity contribution in [1.82, 2.24) is 19.7 Å². The Balaban J connectivity index is 1.92. The second-order valence-electron chi connectivity index (χ2n) is 7.19. The molecule has 172 valence electrons. The first-order valence-electron chi connectivity index (χ1n) is 10.7. The van der Waals surface area contributed by atoms with Gasteiger partial charge in [-0.15, -0.1) is 10.2 Å². The molecule has 0 radical (unpaired) electrons. The predicted molar refractivity (Wildman–Crippen MR) is 128 cm³/mol. The third-order valence-electron chi connectivity index (χ3n) is 5.26. The van der Waals surface area contributed by atoms with Crippen molar-refractivity contribution < 1.29 is 19.0 Å². The topological polar surface area (TPSA) is 91.3 Å². The Morgan fingerprint density at radius 1 is 1.12 bits per heavy atom. The summed E-state index contributed by atoms with van der Waals surface area (Å²) in [4.78, 5) is 15.8. The highest BCUT2D eigenvalue weighted by Gasteiger charge is 2.27. The molecule has 0 bridgehead atoms. The van der Waals surface area contributed by atoms with Gasteiger partial charge >= 0.3 is 5.97 Å². The average Bonchev–Trinajstić information content (AvgIpc) is 3.45. The summed E-state index contributed by atoms with van der Waals surface area (Å²) in [6, 6.07) is 13.5. The number of aromatic nitrogens is 4. The largest absolute Gasteiger partial charge is 0.497 e. The van der Waals surface area contributed by atoms with E-state index in [0.29, 0.717) is 41.2 Å². The fourth-order valence-electron chi connectivity index (χ4n) is 3.63. The third-order valence-corrected chi connectivity index (χ3v) is 6.54. The van der Waals surface area contributed by atoms with Gasteiger partial charge in [-0.05, 0) is 31.5 Å². The van der Waals surface area contributed by atoms with Gasteiger partial charge in [0.2, 0.25) is 0 Å². The molecule has 33 heavy (non-hydrogen) atoms. The van der Waals surface area contributed by atoms with Crippen molar-refractivity contribution in [1.29, 1.82) is 0 Å². The Labute approximate surface area is 196 Å². The van der Waals surface area contributed by atoms with E-state index < -0.39 is 5.25 Å². The van der Waals surface area contributed by atoms with Crippen molar-refractivity contribution >= 4 is 28.6 Å². The molecule has 8 nitrogen and oxygen atoms in total. The van der Waals surface area contributed by atoms with E-state index in [0.717, 1.165) is 16.5 Å². The molecule has 2 heterocycles. The standard InChI is InChI=1S/C24H26N4O4S/c1-5-21(23(29)32-6-2)33-24-27-26-22(17-14-25-18-10-8-7-9-16(17)18)28(24)19-13-15(30-3)11-12-20(19)31-4/h7-14,21,25H,5-6H2,1-4H3. The lowest BCUT2D eigenvalue weighted by Crippen LogP contribution is -2.20. The number of H-pyrrole nitrogens is 1. The number of para-hydroxylation sites is 1. The van der Waals surface area contributed by atoms with Crippen molar-refractivity contribution in [2.24, 2.45) is 0 Å². The van der Waals surface area contributed by atoms with Crippen LogP contribution in [0.4, 0.5) is 0 Å². The van der Waals surface area contributed by atoms with Gasteiger partial charge in [0.15, 0.2) is 11.0 Å². The van der Waals surface area contributed by atoms with E-state index in [9.17, 15) is 4.79 Å². The molecule has 4 rings (SSSR count). The van der Waals surface area contributed by atoms with Crippen LogP contribution in [0, 0.1) is 0 Å². The number of hydrogen-bond donors (Lipinski definition) is 1. The van der Waals surface area contributed by atoms with Crippen LogP contribution in [-0.4, -0.2) is 51.8 Å². The average molecular weight is 467 g/mol. The molecule has 0 aliphatic heterocycles. The van der Waals surface area contributed by atoms with Gasteiger partial charge < -0.3 is 19.2 Å². The molecule has 4 aromatic rings. The quantitative estimate of drug-likeness (QED) is 0.278. The molecule has 0 aliphatic carbocycles. The number of nitrogens with one attached hydrogen (secondary N) is 1. The molecule has 0 saturated carbocycles. The highest BCUT2D eigenvalue weighted by Crippen LogP contribution is 2.38. The number of nitrogens with zero attached hydrogens (tertiary/aromatic N) is 3. The molecule has 1 unspecified atom stereocenters. The minimum absolute atomic E-state index is 0.272. The second-order valence-corrected chi connectivity index (χ2v) is 8.36. The van der Waals surface area contributed by atoms with Gasteiger partial charge in [-0.25, -0.2) is 0 Å². The van der Waals surface area contributed by atoms with Crippen LogP contribution in [0.3, 0.4) is 0 Å². The van der Waals surface area contributed by atoms with Gasteiger partial charge in [0.05, 0.1) is 26.5 Å². The summed E-state index contributed by atoms with van der Waals surface area (Å²) >= 11 is 1.32. The highest BCUT2D eigenvalue weighted by molar-refractivity contribution is 8.00. The molecule has 9 heteroatoms. The number of methoxy groups -OCH3 is 2. The fourth-order valence-corrected chi connectivity index (χ4v) is 4.59. The molecule has 0 amide bonds. The molecule has 0 saturated heterocycles. The first-order chi connectivity index (χ1) is 16.1. The molecular formula is C24H26N4O4S. The van der Waals surface area contributed by atoms with Crippen molar-refractivity contribution in [2.75, 3.05) is 20.8 Å². The van der Waals surface area contributed by atoms with E-state index in [1.165, 1.54) is 11.8 Å². The van der Waals surface area contributed by atoms with Gasteiger partial charge in [-0.3, -0.25) is 9.36 Å². The zero-order valence-electron chi connectivity index (χ0n) is 19.0. The number of rotatable bonds is 9. The van der Waals surface area contributed by atoms with Gasteiger partial charge in [0, 0.05) is 28.7 Å². The van der Waals surface area contributed by atoms with Crippen LogP contribution in [0.5, 0.6) is 11.5 Å². The van der Waals surface area contributed by atoms with Gasteiger partial charge in [-0.1, -0.05) is 36.9 Å². The SMILES string of the molecule is CCOC(=O)C(CC)Sc1nnc(-c2c[nH]c3ccccc23)n1-c1cc(OC)ccc1OC. The maximum Gasteiger partial charge on any atom is 0.319 e. The predicted octanol–water partition coefficient (Wildman–Crippen LogP) is 4.87. The first-order valence-corrected chi connectivity index (χ1v) is 11.6. The van der Waals surface area contributed by atoms with Crippen LogP contribution in [0.15, 0.2) is 53.8 Å². The normalized spacial score (nSPS) is 12.0. The summed E-state index contributed by atoms with van der Waals surface area (Å²) in [5, 5.41) is 10.2. The van der Waals surface area contributed by atoms with Crippen molar-refractivity contribution in [3.63, 3.8) is 0 Å². The number of thioether (sulfide) groups is 1. The lowest BCUT2D eigenvalue weighted by atomic mass is 10.1. The maximum absolute atomic E-state index is 12.5. The van der Waals surface area contributed by atoms with Crippen LogP contribution in [0.2, 0.25) is 0 Å². The van der Waals surface area contributed by atoms with Crippen LogP contribution in [0.25, 0.3) is 28.0 Å². The lowest BCUT2D eigenvalue weighted by molar-refractivity contribution is -0.142. The molecule has 2 aromatic carbocycles. The number of aromatic amines is 1. The van der Waals surface area contributed by atoms with E-state index in [1.807, 2.05) is 60.2 Å². The monoisotopic (exact) mass is 466 g/mol. The van der Waals surface area contributed by atoms with Gasteiger partial charge in [-0.2, -0.15) is 0 Å². The van der Waals surface area contributed by atoms with Crippen molar-refractivity contribution in [3.05, 3.63) is 48.7 Å². The maximum atomic E-state index is 12.5. The number of benzene rings is 2. The summed E-state index contributed by atoms with van der Waals surface area (Å²) in [6.07, 6.45) is 2.50.